The van der Waals surface area contributed by atoms with E-state index in [2.05, 4.69) is 2.81 Å². The van der Waals surface area contributed by atoms with E-state index < -0.39 is 37.2 Å². The van der Waals surface area contributed by atoms with Crippen LogP contribution >= 0.6 is 0 Å². The van der Waals surface area contributed by atoms with Crippen molar-refractivity contribution in [1.82, 2.24) is 0 Å². The van der Waals surface area contributed by atoms with Crippen molar-refractivity contribution in [2.75, 3.05) is 6.61 Å². The normalized spacial score (nSPS) is 9.65. The fraction of sp³-hybridized carbons (Fsp3) is 0.739. The van der Waals surface area contributed by atoms with Gasteiger partial charge in [0.15, 0.2) is 0 Å². The Hall–Kier alpha value is -1.74. The summed E-state index contributed by atoms with van der Waals surface area (Å²) in [6.07, 6.45) is -0.357. The molecule has 0 saturated heterocycles. The number of ketones is 3. The van der Waals surface area contributed by atoms with Crippen LogP contribution in [0.15, 0.2) is 0 Å². The molecule has 0 atom stereocenters. The summed E-state index contributed by atoms with van der Waals surface area (Å²) in [7, 11) is 0. The molecular formula is C23H38O10Zr. The number of Topliss-reactive ketones (excluding diaryl/α,β-unsaturated/α-hetero) is 3. The van der Waals surface area contributed by atoms with Crippen LogP contribution in [0.4, 0.5) is 0 Å². The van der Waals surface area contributed by atoms with Gasteiger partial charge in [-0.15, -0.1) is 0 Å². The standard InChI is InChI=1S/3C7H12O3.C2H5O.Zr/c3*1-5(2)3-6(8)4-7(9)10;1-2-3;/h3*5H,3-4H2,1-2H3,(H,9,10);2H2,1H3;/q;;;-1;+4/p-3. The Bertz CT molecular complexity index is 530. The van der Waals surface area contributed by atoms with E-state index in [1.807, 2.05) is 48.5 Å². The number of carbonyl (C=O) groups excluding carboxylic acids is 6. The Balaban J connectivity index is -0.000000184. The van der Waals surface area contributed by atoms with Crippen LogP contribution in [0.2, 0.25) is 0 Å². The number of hydrogen-bond acceptors (Lipinski definition) is 10. The molecule has 0 aromatic heterocycles. The van der Waals surface area contributed by atoms with Crippen LogP contribution in [0.3, 0.4) is 0 Å². The monoisotopic (exact) mass is 564 g/mol. The molecule has 0 radical (unpaired) electrons. The molecule has 0 aromatic carbocycles. The quantitative estimate of drug-likeness (QED) is 0.269. The van der Waals surface area contributed by atoms with Crippen molar-refractivity contribution in [2.45, 2.75) is 87.0 Å². The second-order valence-electron chi connectivity index (χ2n) is 8.49. The van der Waals surface area contributed by atoms with E-state index in [4.69, 9.17) is 0 Å². The molecule has 0 aliphatic heterocycles. The molecule has 0 aliphatic rings. The van der Waals surface area contributed by atoms with Gasteiger partial charge in [-0.1, -0.05) is 41.5 Å². The van der Waals surface area contributed by atoms with Crippen molar-refractivity contribution in [2.24, 2.45) is 17.8 Å². The molecule has 0 aromatic rings. The van der Waals surface area contributed by atoms with E-state index in [9.17, 15) is 44.1 Å². The van der Waals surface area contributed by atoms with E-state index in [0.29, 0.717) is 19.3 Å². The molecule has 0 saturated carbocycles. The minimum absolute atomic E-state index is 0.229. The Kier molecular flexibility index (Phi) is 30.0. The Morgan fingerprint density at radius 2 is 0.765 bits per heavy atom. The minimum atomic E-state index is -1.29. The summed E-state index contributed by atoms with van der Waals surface area (Å²) in [5.41, 5.74) is 0. The first-order valence-corrected chi connectivity index (χ1v) is 11.9. The molecule has 0 heterocycles. The van der Waals surface area contributed by atoms with Crippen molar-refractivity contribution in [3.8, 4) is 0 Å². The number of rotatable bonds is 13. The number of carbonyl (C=O) groups is 6. The van der Waals surface area contributed by atoms with Gasteiger partial charge in [0.1, 0.15) is 17.3 Å². The van der Waals surface area contributed by atoms with E-state index in [0.717, 1.165) is 6.61 Å². The van der Waals surface area contributed by atoms with Gasteiger partial charge in [-0.05, 0) is 17.8 Å². The van der Waals surface area contributed by atoms with Gasteiger partial charge in [-0.2, -0.15) is 0 Å². The van der Waals surface area contributed by atoms with Crippen molar-refractivity contribution >= 4 is 35.3 Å². The van der Waals surface area contributed by atoms with Crippen LogP contribution < -0.4 is 15.3 Å². The zero-order chi connectivity index (χ0) is 27.9. The first kappa shape index (κ1) is 39.5. The molecule has 0 rings (SSSR count). The van der Waals surface area contributed by atoms with Gasteiger partial charge in [0.25, 0.3) is 0 Å². The third kappa shape index (κ3) is 47.9. The first-order chi connectivity index (χ1) is 15.5. The van der Waals surface area contributed by atoms with Crippen LogP contribution in [-0.2, 0) is 56.7 Å². The fourth-order valence-electron chi connectivity index (χ4n) is 2.07. The predicted molar refractivity (Wildman–Crippen MR) is 114 cm³/mol. The average Bonchev–Trinajstić information content (AvgIpc) is 2.58. The predicted octanol–water partition coefficient (Wildman–Crippen LogP) is -0.290. The first-order valence-electron chi connectivity index (χ1n) is 10.9. The molecule has 10 nitrogen and oxygen atoms in total. The summed E-state index contributed by atoms with van der Waals surface area (Å²) in [6, 6.07) is 0. The summed E-state index contributed by atoms with van der Waals surface area (Å²) >= 11 is 1.17. The third-order valence-corrected chi connectivity index (χ3v) is 3.79. The second kappa shape index (κ2) is 25.9. The Labute approximate surface area is 218 Å². The molecule has 0 aliphatic carbocycles. The van der Waals surface area contributed by atoms with Crippen LogP contribution in [0, 0.1) is 17.8 Å². The summed E-state index contributed by atoms with van der Waals surface area (Å²) in [4.78, 5) is 61.5. The van der Waals surface area contributed by atoms with Gasteiger partial charge in [0.05, 0.1) is 0 Å². The molecule has 0 spiro atoms. The Morgan fingerprint density at radius 3 is 0.853 bits per heavy atom. The van der Waals surface area contributed by atoms with Crippen LogP contribution in [-0.4, -0.2) is 41.9 Å². The third-order valence-electron chi connectivity index (χ3n) is 3.08. The maximum absolute atomic E-state index is 10.6. The summed E-state index contributed by atoms with van der Waals surface area (Å²) in [5, 5.41) is 29.6. The van der Waals surface area contributed by atoms with E-state index >= 15 is 0 Å². The molecular weight excluding hydrogens is 527 g/mol. The average molecular weight is 566 g/mol. The zero-order valence-corrected chi connectivity index (χ0v) is 23.7. The molecule has 0 bridgehead atoms. The van der Waals surface area contributed by atoms with Crippen LogP contribution in [0.5, 0.6) is 0 Å². The second-order valence-corrected chi connectivity index (χ2v) is 9.20. The molecule has 11 heteroatoms. The zero-order valence-electron chi connectivity index (χ0n) is 21.3. The van der Waals surface area contributed by atoms with E-state index in [1.165, 1.54) is 25.2 Å². The number of carboxylic acids is 3. The molecule has 34 heavy (non-hydrogen) atoms. The molecule has 0 fully saturated rings. The summed E-state index contributed by atoms with van der Waals surface area (Å²) in [5.74, 6) is -3.94. The van der Waals surface area contributed by atoms with Crippen molar-refractivity contribution in [3.05, 3.63) is 0 Å². The van der Waals surface area contributed by atoms with E-state index in [-0.39, 0.29) is 35.1 Å². The SMILES string of the molecule is CC(C)CC(=O)CC(=O)[O-].CC(C)CC(=O)CC(=O)[O-].CC(C)CC(=O)CC(=O)[O-].CC[O][Zr+3]. The topological polar surface area (TPSA) is 181 Å². The molecule has 194 valence electrons. The number of hydrogen-bond donors (Lipinski definition) is 0. The van der Waals surface area contributed by atoms with Crippen LogP contribution in [0.1, 0.15) is 87.0 Å². The van der Waals surface area contributed by atoms with Gasteiger partial charge in [-0.3, -0.25) is 14.4 Å². The molecule has 0 unspecified atom stereocenters. The maximum atomic E-state index is 10.6. The van der Waals surface area contributed by atoms with Crippen LogP contribution in [0.25, 0.3) is 0 Å². The summed E-state index contributed by atoms with van der Waals surface area (Å²) < 4.78 is 4.63. The van der Waals surface area contributed by atoms with Gasteiger partial charge in [-0.25, -0.2) is 0 Å². The number of carboxylic acid groups (broad SMARTS) is 3. The van der Waals surface area contributed by atoms with Gasteiger partial charge >= 0.3 is 41.5 Å². The van der Waals surface area contributed by atoms with Gasteiger partial charge < -0.3 is 29.7 Å². The van der Waals surface area contributed by atoms with Crippen molar-refractivity contribution < 1.29 is 72.1 Å². The fourth-order valence-corrected chi connectivity index (χ4v) is 2.07. The van der Waals surface area contributed by atoms with Crippen molar-refractivity contribution in [3.63, 3.8) is 0 Å². The van der Waals surface area contributed by atoms with Gasteiger partial charge in [0.2, 0.25) is 0 Å². The molecule has 0 amide bonds. The van der Waals surface area contributed by atoms with Gasteiger partial charge in [0, 0.05) is 56.4 Å². The van der Waals surface area contributed by atoms with Crippen molar-refractivity contribution in [1.29, 1.82) is 0 Å². The number of aliphatic carboxylic acids is 3. The Morgan fingerprint density at radius 1 is 0.588 bits per heavy atom. The molecule has 0 N–H and O–H groups in total. The van der Waals surface area contributed by atoms with E-state index in [1.54, 1.807) is 0 Å². The summed E-state index contributed by atoms with van der Waals surface area (Å²) in [6.45, 7) is 14.0.